The Bertz CT molecular complexity index is 399. The van der Waals surface area contributed by atoms with Crippen molar-refractivity contribution in [2.75, 3.05) is 6.61 Å². The third-order valence-electron chi connectivity index (χ3n) is 2.17. The molecular formula is C12H15AsF2O3. The molecule has 0 saturated carbocycles. The molecule has 1 aromatic rings. The zero-order valence-corrected chi connectivity index (χ0v) is 12.4. The molecule has 0 aromatic heterocycles. The molecule has 100 valence electrons. The Labute approximate surface area is 113 Å². The summed E-state index contributed by atoms with van der Waals surface area (Å²) in [6, 6.07) is 6.36. The first-order chi connectivity index (χ1) is 8.52. The number of rotatable bonds is 6. The Morgan fingerprint density at radius 2 is 2.17 bits per heavy atom. The number of carbonyl (C=O) groups excluding carboxylic acids is 1. The van der Waals surface area contributed by atoms with Gasteiger partial charge in [0.25, 0.3) is 0 Å². The van der Waals surface area contributed by atoms with E-state index in [2.05, 4.69) is 4.74 Å². The zero-order chi connectivity index (χ0) is 13.5. The van der Waals surface area contributed by atoms with Crippen LogP contribution in [0.15, 0.2) is 24.3 Å². The van der Waals surface area contributed by atoms with Gasteiger partial charge in [-0.3, -0.25) is 0 Å². The second-order valence-electron chi connectivity index (χ2n) is 3.59. The summed E-state index contributed by atoms with van der Waals surface area (Å²) in [5.74, 6) is -0.163. The first kappa shape index (κ1) is 15.0. The molecule has 6 heteroatoms. The maximum absolute atomic E-state index is 12.1. The molecule has 0 saturated heterocycles. The quantitative estimate of drug-likeness (QED) is 0.592. The Balaban J connectivity index is 2.64. The summed E-state index contributed by atoms with van der Waals surface area (Å²) < 4.78 is 33.0. The number of halogens is 2. The molecule has 0 fully saturated rings. The van der Waals surface area contributed by atoms with Crippen LogP contribution in [0.5, 0.6) is 5.75 Å². The molecule has 2 atom stereocenters. The maximum atomic E-state index is 12.1. The average molecular weight is 320 g/mol. The van der Waals surface area contributed by atoms with Crippen LogP contribution < -0.4 is 4.74 Å². The Morgan fingerprint density at radius 3 is 2.78 bits per heavy atom. The predicted molar refractivity (Wildman–Crippen MR) is 65.7 cm³/mol. The normalized spacial score (nSPS) is 12.3. The first-order valence-electron chi connectivity index (χ1n) is 5.49. The number of benzene rings is 1. The van der Waals surface area contributed by atoms with Gasteiger partial charge in [-0.25, -0.2) is 0 Å². The summed E-state index contributed by atoms with van der Waals surface area (Å²) in [7, 11) is 0. The van der Waals surface area contributed by atoms with Gasteiger partial charge in [-0.2, -0.15) is 0 Å². The molecule has 3 nitrogen and oxygen atoms in total. The van der Waals surface area contributed by atoms with Crippen LogP contribution in [0.2, 0.25) is 4.71 Å². The molecule has 18 heavy (non-hydrogen) atoms. The predicted octanol–water partition coefficient (Wildman–Crippen LogP) is 1.82. The number of hydrogen-bond acceptors (Lipinski definition) is 3. The molecule has 0 spiro atoms. The fourth-order valence-corrected chi connectivity index (χ4v) is 2.21. The van der Waals surface area contributed by atoms with Crippen molar-refractivity contribution in [2.24, 2.45) is 0 Å². The molecule has 0 bridgehead atoms. The van der Waals surface area contributed by atoms with Crippen molar-refractivity contribution >= 4 is 22.8 Å². The van der Waals surface area contributed by atoms with Crippen LogP contribution in [-0.2, 0) is 16.0 Å². The molecule has 0 radical (unpaired) electrons. The number of hydrogen-bond donors (Lipinski definition) is 0. The number of alkyl halides is 2. The topological polar surface area (TPSA) is 35.5 Å². The fourth-order valence-electron chi connectivity index (χ4n) is 1.44. The standard InChI is InChI=1S/C12H15AsF2O3/c1-2-17-11(16)10(13)7-8-4-3-5-9(6-8)18-12(14)15/h3-6,10,12H,2,7,13H2,1H3. The van der Waals surface area contributed by atoms with Gasteiger partial charge in [0, 0.05) is 0 Å². The van der Waals surface area contributed by atoms with Crippen LogP contribution >= 0.6 is 0 Å². The van der Waals surface area contributed by atoms with Crippen LogP contribution in [0.4, 0.5) is 8.78 Å². The van der Waals surface area contributed by atoms with Gasteiger partial charge >= 0.3 is 113 Å². The molecule has 0 aliphatic heterocycles. The number of ether oxygens (including phenoxy) is 2. The van der Waals surface area contributed by atoms with E-state index in [0.717, 1.165) is 5.56 Å². The summed E-state index contributed by atoms with van der Waals surface area (Å²) in [5, 5.41) is 0. The van der Waals surface area contributed by atoms with Crippen LogP contribution in [0.3, 0.4) is 0 Å². The van der Waals surface area contributed by atoms with Crippen LogP contribution in [-0.4, -0.2) is 36.0 Å². The summed E-state index contributed by atoms with van der Waals surface area (Å²) in [4.78, 5) is 11.5. The molecular weight excluding hydrogens is 305 g/mol. The molecule has 0 aliphatic rings. The summed E-state index contributed by atoms with van der Waals surface area (Å²) in [6.45, 7) is -0.755. The Kier molecular flexibility index (Phi) is 6.13. The second kappa shape index (κ2) is 7.37. The van der Waals surface area contributed by atoms with Gasteiger partial charge in [0.05, 0.1) is 0 Å². The van der Waals surface area contributed by atoms with Crippen molar-refractivity contribution in [3.63, 3.8) is 0 Å². The van der Waals surface area contributed by atoms with E-state index >= 15 is 0 Å². The Hall–Kier alpha value is -1.09. The van der Waals surface area contributed by atoms with Gasteiger partial charge < -0.3 is 0 Å². The second-order valence-corrected chi connectivity index (χ2v) is 5.28. The third-order valence-corrected chi connectivity index (χ3v) is 3.23. The van der Waals surface area contributed by atoms with Crippen molar-refractivity contribution in [1.82, 2.24) is 0 Å². The van der Waals surface area contributed by atoms with Crippen LogP contribution in [0.1, 0.15) is 12.5 Å². The van der Waals surface area contributed by atoms with E-state index in [0.29, 0.717) is 13.0 Å². The van der Waals surface area contributed by atoms with Gasteiger partial charge in [-0.05, 0) is 0 Å². The fraction of sp³-hybridized carbons (Fsp3) is 0.417. The molecule has 0 amide bonds. The van der Waals surface area contributed by atoms with Gasteiger partial charge in [0.1, 0.15) is 0 Å². The molecule has 1 rings (SSSR count). The molecule has 0 heterocycles. The van der Waals surface area contributed by atoms with E-state index < -0.39 is 6.61 Å². The van der Waals surface area contributed by atoms with E-state index in [1.165, 1.54) is 29.0 Å². The van der Waals surface area contributed by atoms with E-state index in [1.807, 2.05) is 0 Å². The van der Waals surface area contributed by atoms with E-state index in [4.69, 9.17) is 4.74 Å². The number of carbonyl (C=O) groups is 1. The van der Waals surface area contributed by atoms with Crippen molar-refractivity contribution in [3.8, 4) is 5.75 Å². The third kappa shape index (κ3) is 5.05. The zero-order valence-electron chi connectivity index (χ0n) is 9.94. The SMILES string of the molecule is CCOC(=O)C([AsH2])Cc1cccc(OC(F)F)c1. The number of esters is 1. The molecule has 1 aromatic carbocycles. The summed E-state index contributed by atoms with van der Waals surface area (Å²) >= 11 is 1.25. The van der Waals surface area contributed by atoms with Crippen molar-refractivity contribution < 1.29 is 23.0 Å². The van der Waals surface area contributed by atoms with E-state index in [9.17, 15) is 13.6 Å². The van der Waals surface area contributed by atoms with Gasteiger partial charge in [0.2, 0.25) is 0 Å². The van der Waals surface area contributed by atoms with E-state index in [1.54, 1.807) is 19.1 Å². The molecule has 0 N–H and O–H groups in total. The van der Waals surface area contributed by atoms with Gasteiger partial charge in [-0.1, -0.05) is 0 Å². The molecule has 2 unspecified atom stereocenters. The van der Waals surface area contributed by atoms with E-state index in [-0.39, 0.29) is 16.4 Å². The minimum absolute atomic E-state index is 0.103. The van der Waals surface area contributed by atoms with Crippen molar-refractivity contribution in [2.45, 2.75) is 24.7 Å². The monoisotopic (exact) mass is 320 g/mol. The van der Waals surface area contributed by atoms with Crippen LogP contribution in [0.25, 0.3) is 0 Å². The minimum atomic E-state index is -2.84. The van der Waals surface area contributed by atoms with Gasteiger partial charge in [-0.15, -0.1) is 0 Å². The van der Waals surface area contributed by atoms with Crippen molar-refractivity contribution in [3.05, 3.63) is 29.8 Å². The Morgan fingerprint density at radius 1 is 1.44 bits per heavy atom. The summed E-state index contributed by atoms with van der Waals surface area (Å²) in [5.41, 5.74) is 0.774. The van der Waals surface area contributed by atoms with Crippen molar-refractivity contribution in [1.29, 1.82) is 0 Å². The van der Waals surface area contributed by atoms with Gasteiger partial charge in [0.15, 0.2) is 0 Å². The molecule has 0 aliphatic carbocycles. The first-order valence-corrected chi connectivity index (χ1v) is 6.88. The summed E-state index contributed by atoms with van der Waals surface area (Å²) in [6.07, 6.45) is 0.458. The average Bonchev–Trinajstić information content (AvgIpc) is 2.28. The van der Waals surface area contributed by atoms with Crippen LogP contribution in [0, 0.1) is 0 Å².